The van der Waals surface area contributed by atoms with Gasteiger partial charge in [-0.05, 0) is 18.6 Å². The number of aromatic nitrogens is 3. The summed E-state index contributed by atoms with van der Waals surface area (Å²) in [6.07, 6.45) is 3.52. The minimum absolute atomic E-state index is 0.627. The van der Waals surface area contributed by atoms with Gasteiger partial charge in [-0.2, -0.15) is 4.98 Å². The van der Waals surface area contributed by atoms with E-state index in [0.717, 1.165) is 30.2 Å². The normalized spacial score (nSPS) is 10.3. The Hall–Kier alpha value is -2.17. The fourth-order valence-corrected chi connectivity index (χ4v) is 1.69. The average Bonchev–Trinajstić information content (AvgIpc) is 2.51. The summed E-state index contributed by atoms with van der Waals surface area (Å²) in [6, 6.07) is 7.68. The van der Waals surface area contributed by atoms with Crippen molar-refractivity contribution in [2.45, 2.75) is 33.2 Å². The largest absolute Gasteiger partial charge is 0.478 e. The molecule has 2 aromatic heterocycles. The highest BCUT2D eigenvalue weighted by Crippen LogP contribution is 2.15. The third kappa shape index (κ3) is 4.19. The summed E-state index contributed by atoms with van der Waals surface area (Å²) < 4.78 is 5.58. The lowest BCUT2D eigenvalue weighted by atomic mass is 10.3. The van der Waals surface area contributed by atoms with Crippen molar-refractivity contribution in [1.29, 1.82) is 0 Å². The molecule has 2 heterocycles. The monoisotopic (exact) mass is 272 g/mol. The maximum Gasteiger partial charge on any atom is 0.218 e. The maximum atomic E-state index is 5.58. The van der Waals surface area contributed by atoms with E-state index in [0.29, 0.717) is 19.0 Å². The van der Waals surface area contributed by atoms with Crippen LogP contribution in [0.15, 0.2) is 30.5 Å². The van der Waals surface area contributed by atoms with E-state index in [-0.39, 0.29) is 0 Å². The van der Waals surface area contributed by atoms with Gasteiger partial charge in [-0.3, -0.25) is 4.98 Å². The second kappa shape index (κ2) is 7.43. The van der Waals surface area contributed by atoms with Crippen LogP contribution in [-0.4, -0.2) is 21.6 Å². The van der Waals surface area contributed by atoms with Gasteiger partial charge in [-0.25, -0.2) is 4.98 Å². The minimum atomic E-state index is 0.627. The van der Waals surface area contributed by atoms with Crippen molar-refractivity contribution in [3.63, 3.8) is 0 Å². The highest BCUT2D eigenvalue weighted by atomic mass is 16.5. The van der Waals surface area contributed by atoms with Gasteiger partial charge in [0.25, 0.3) is 0 Å². The van der Waals surface area contributed by atoms with Crippen LogP contribution >= 0.6 is 0 Å². The molecular formula is C15H20N4O. The molecule has 0 radical (unpaired) electrons. The molecule has 0 aliphatic rings. The summed E-state index contributed by atoms with van der Waals surface area (Å²) in [5.74, 6) is 2.18. The van der Waals surface area contributed by atoms with Gasteiger partial charge >= 0.3 is 0 Å². The van der Waals surface area contributed by atoms with Gasteiger partial charge in [-0.15, -0.1) is 0 Å². The fourth-order valence-electron chi connectivity index (χ4n) is 1.69. The van der Waals surface area contributed by atoms with Gasteiger partial charge in [0.15, 0.2) is 0 Å². The third-order valence-corrected chi connectivity index (χ3v) is 2.70. The van der Waals surface area contributed by atoms with Crippen LogP contribution in [0.1, 0.15) is 31.8 Å². The number of nitrogens with one attached hydrogen (secondary N) is 1. The summed E-state index contributed by atoms with van der Waals surface area (Å²) in [4.78, 5) is 13.1. The van der Waals surface area contributed by atoms with Crippen LogP contribution in [0.4, 0.5) is 5.82 Å². The molecule has 0 aliphatic carbocycles. The highest BCUT2D eigenvalue weighted by molar-refractivity contribution is 5.38. The van der Waals surface area contributed by atoms with E-state index >= 15 is 0 Å². The van der Waals surface area contributed by atoms with E-state index in [1.54, 1.807) is 6.20 Å². The zero-order valence-corrected chi connectivity index (χ0v) is 12.0. The molecule has 1 N–H and O–H groups in total. The van der Waals surface area contributed by atoms with E-state index in [4.69, 9.17) is 4.74 Å². The number of pyridine rings is 1. The molecule has 2 aromatic rings. The molecule has 0 amide bonds. The lowest BCUT2D eigenvalue weighted by Crippen LogP contribution is -2.07. The van der Waals surface area contributed by atoms with Crippen molar-refractivity contribution < 1.29 is 4.74 Å². The van der Waals surface area contributed by atoms with Crippen molar-refractivity contribution in [3.8, 4) is 5.88 Å². The van der Waals surface area contributed by atoms with Crippen LogP contribution < -0.4 is 10.1 Å². The standard InChI is InChI=1S/C15H20N4O/c1-3-9-20-15-10-14(18-13(4-2)19-15)17-11-12-7-5-6-8-16-12/h5-8,10H,3-4,9,11H2,1-2H3,(H,17,18,19). The summed E-state index contributed by atoms with van der Waals surface area (Å²) in [5, 5.41) is 3.26. The Morgan fingerprint density at radius 3 is 2.80 bits per heavy atom. The first-order valence-electron chi connectivity index (χ1n) is 6.96. The van der Waals surface area contributed by atoms with Gasteiger partial charge in [0, 0.05) is 18.7 Å². The lowest BCUT2D eigenvalue weighted by molar-refractivity contribution is 0.304. The number of aryl methyl sites for hydroxylation is 1. The molecule has 0 aromatic carbocycles. The second-order valence-corrected chi connectivity index (χ2v) is 4.38. The first kappa shape index (κ1) is 14.2. The van der Waals surface area contributed by atoms with Crippen molar-refractivity contribution in [2.75, 3.05) is 11.9 Å². The Labute approximate surface area is 119 Å². The van der Waals surface area contributed by atoms with Crippen LogP contribution in [0.5, 0.6) is 5.88 Å². The first-order chi connectivity index (χ1) is 9.81. The van der Waals surface area contributed by atoms with E-state index in [1.165, 1.54) is 0 Å². The molecule has 0 unspecified atom stereocenters. The van der Waals surface area contributed by atoms with E-state index in [1.807, 2.05) is 31.2 Å². The second-order valence-electron chi connectivity index (χ2n) is 4.38. The summed E-state index contributed by atoms with van der Waals surface area (Å²) in [6.45, 7) is 5.40. The van der Waals surface area contributed by atoms with Crippen LogP contribution in [-0.2, 0) is 13.0 Å². The molecule has 0 spiro atoms. The Kier molecular flexibility index (Phi) is 5.29. The van der Waals surface area contributed by atoms with Crippen LogP contribution in [0, 0.1) is 0 Å². The zero-order valence-electron chi connectivity index (χ0n) is 12.0. The van der Waals surface area contributed by atoms with Crippen LogP contribution in [0.25, 0.3) is 0 Å². The van der Waals surface area contributed by atoms with Crippen LogP contribution in [0.2, 0.25) is 0 Å². The van der Waals surface area contributed by atoms with Gasteiger partial charge in [0.2, 0.25) is 5.88 Å². The van der Waals surface area contributed by atoms with E-state index < -0.39 is 0 Å². The topological polar surface area (TPSA) is 59.9 Å². The summed E-state index contributed by atoms with van der Waals surface area (Å²) in [7, 11) is 0. The zero-order chi connectivity index (χ0) is 14.2. The lowest BCUT2D eigenvalue weighted by Gasteiger charge is -2.09. The highest BCUT2D eigenvalue weighted by Gasteiger charge is 2.04. The van der Waals surface area contributed by atoms with Gasteiger partial charge in [0.1, 0.15) is 11.6 Å². The molecule has 20 heavy (non-hydrogen) atoms. The van der Waals surface area contributed by atoms with Crippen molar-refractivity contribution in [1.82, 2.24) is 15.0 Å². The molecule has 5 nitrogen and oxygen atoms in total. The summed E-state index contributed by atoms with van der Waals surface area (Å²) in [5.41, 5.74) is 0.972. The number of hydrogen-bond acceptors (Lipinski definition) is 5. The predicted octanol–water partition coefficient (Wildman–Crippen LogP) is 2.83. The Morgan fingerprint density at radius 1 is 1.20 bits per heavy atom. The number of anilines is 1. The van der Waals surface area contributed by atoms with Crippen molar-refractivity contribution in [3.05, 3.63) is 42.0 Å². The average molecular weight is 272 g/mol. The van der Waals surface area contributed by atoms with E-state index in [2.05, 4.69) is 27.2 Å². The number of hydrogen-bond donors (Lipinski definition) is 1. The molecular weight excluding hydrogens is 252 g/mol. The fraction of sp³-hybridized carbons (Fsp3) is 0.400. The maximum absolute atomic E-state index is 5.58. The molecule has 0 aliphatic heterocycles. The molecule has 2 rings (SSSR count). The Bertz CT molecular complexity index is 531. The molecule has 5 heteroatoms. The summed E-state index contributed by atoms with van der Waals surface area (Å²) >= 11 is 0. The number of rotatable bonds is 7. The van der Waals surface area contributed by atoms with Crippen molar-refractivity contribution in [2.24, 2.45) is 0 Å². The molecule has 106 valence electrons. The van der Waals surface area contributed by atoms with Crippen LogP contribution in [0.3, 0.4) is 0 Å². The van der Waals surface area contributed by atoms with Crippen molar-refractivity contribution >= 4 is 5.82 Å². The van der Waals surface area contributed by atoms with E-state index in [9.17, 15) is 0 Å². The third-order valence-electron chi connectivity index (χ3n) is 2.70. The van der Waals surface area contributed by atoms with Gasteiger partial charge < -0.3 is 10.1 Å². The predicted molar refractivity (Wildman–Crippen MR) is 78.8 cm³/mol. The van der Waals surface area contributed by atoms with Gasteiger partial charge in [-0.1, -0.05) is 19.9 Å². The SMILES string of the molecule is CCCOc1cc(NCc2ccccn2)nc(CC)n1. The van der Waals surface area contributed by atoms with Gasteiger partial charge in [0.05, 0.1) is 18.8 Å². The quantitative estimate of drug-likeness (QED) is 0.839. The Morgan fingerprint density at radius 2 is 2.10 bits per heavy atom. The molecule has 0 bridgehead atoms. The number of nitrogens with zero attached hydrogens (tertiary/aromatic N) is 3. The molecule has 0 atom stereocenters. The first-order valence-corrected chi connectivity index (χ1v) is 6.96. The Balaban J connectivity index is 2.06. The molecule has 0 fully saturated rings. The minimum Gasteiger partial charge on any atom is -0.478 e. The molecule has 0 saturated heterocycles. The smallest absolute Gasteiger partial charge is 0.218 e. The molecule has 0 saturated carbocycles. The number of ether oxygens (including phenoxy) is 1.